The Morgan fingerprint density at radius 3 is 2.67 bits per heavy atom. The molecule has 0 saturated heterocycles. The van der Waals surface area contributed by atoms with Crippen molar-refractivity contribution in [3.63, 3.8) is 0 Å². The molecule has 0 spiro atoms. The van der Waals surface area contributed by atoms with Crippen LogP contribution in [0.15, 0.2) is 24.3 Å². The zero-order valence-corrected chi connectivity index (χ0v) is 14.2. The van der Waals surface area contributed by atoms with Crippen LogP contribution in [-0.4, -0.2) is 23.0 Å². The molecule has 0 bridgehead atoms. The van der Waals surface area contributed by atoms with E-state index in [-0.39, 0.29) is 0 Å². The van der Waals surface area contributed by atoms with Gasteiger partial charge in [0.2, 0.25) is 0 Å². The number of rotatable bonds is 4. The van der Waals surface area contributed by atoms with Crippen molar-refractivity contribution in [1.29, 1.82) is 10.5 Å². The Morgan fingerprint density at radius 2 is 2.00 bits per heavy atom. The van der Waals surface area contributed by atoms with Crippen LogP contribution in [0, 0.1) is 29.6 Å². The highest BCUT2D eigenvalue weighted by Gasteiger charge is 2.21. The summed E-state index contributed by atoms with van der Waals surface area (Å²) in [6.45, 7) is 4.71. The SMILES string of the molecule is CCc1c(C)c(C#N)c2nc3ccccc3n2c1N(C)CCC#N. The van der Waals surface area contributed by atoms with Crippen LogP contribution in [0.2, 0.25) is 0 Å². The van der Waals surface area contributed by atoms with Gasteiger partial charge in [-0.05, 0) is 36.6 Å². The smallest absolute Gasteiger partial charge is 0.157 e. The van der Waals surface area contributed by atoms with Crippen LogP contribution in [-0.2, 0) is 6.42 Å². The molecule has 24 heavy (non-hydrogen) atoms. The molecular weight excluding hydrogens is 298 g/mol. The second kappa shape index (κ2) is 6.22. The highest BCUT2D eigenvalue weighted by Crippen LogP contribution is 2.33. The Balaban J connectivity index is 2.47. The molecule has 5 nitrogen and oxygen atoms in total. The number of pyridine rings is 1. The molecule has 120 valence electrons. The van der Waals surface area contributed by atoms with Gasteiger partial charge in [-0.25, -0.2) is 4.98 Å². The molecule has 0 aliphatic carbocycles. The second-order valence-electron chi connectivity index (χ2n) is 5.86. The third kappa shape index (κ3) is 2.26. The molecule has 0 radical (unpaired) electrons. The molecule has 2 heterocycles. The standard InChI is InChI=1S/C19H19N5/c1-4-14-13(2)15(12-21)18-22-16-8-5-6-9-17(16)24(18)19(14)23(3)11-7-10-20/h5-6,8-9H,4,7,11H2,1-3H3. The fourth-order valence-corrected chi connectivity index (χ4v) is 3.31. The Labute approximate surface area is 141 Å². The number of nitrogens with zero attached hydrogens (tertiary/aromatic N) is 5. The Kier molecular flexibility index (Phi) is 4.10. The van der Waals surface area contributed by atoms with E-state index in [4.69, 9.17) is 10.2 Å². The molecule has 3 rings (SSSR count). The largest absolute Gasteiger partial charge is 0.359 e. The molecule has 0 aliphatic heterocycles. The highest BCUT2D eigenvalue weighted by molar-refractivity contribution is 5.86. The number of hydrogen-bond acceptors (Lipinski definition) is 4. The van der Waals surface area contributed by atoms with Gasteiger partial charge in [-0.15, -0.1) is 0 Å². The Morgan fingerprint density at radius 1 is 1.25 bits per heavy atom. The normalized spacial score (nSPS) is 10.7. The first-order valence-electron chi connectivity index (χ1n) is 8.04. The van der Waals surface area contributed by atoms with Crippen molar-refractivity contribution in [3.8, 4) is 12.1 Å². The molecule has 0 fully saturated rings. The molecule has 0 saturated carbocycles. The van der Waals surface area contributed by atoms with E-state index in [1.807, 2.05) is 38.2 Å². The maximum atomic E-state index is 9.67. The van der Waals surface area contributed by atoms with Crippen molar-refractivity contribution in [3.05, 3.63) is 41.0 Å². The van der Waals surface area contributed by atoms with E-state index in [9.17, 15) is 5.26 Å². The fraction of sp³-hybridized carbons (Fsp3) is 0.316. The fourth-order valence-electron chi connectivity index (χ4n) is 3.31. The van der Waals surface area contributed by atoms with E-state index >= 15 is 0 Å². The first kappa shape index (κ1) is 15.8. The molecule has 0 unspecified atom stereocenters. The topological polar surface area (TPSA) is 68.1 Å². The average molecular weight is 317 g/mol. The average Bonchev–Trinajstić information content (AvgIpc) is 2.97. The van der Waals surface area contributed by atoms with Crippen LogP contribution < -0.4 is 4.90 Å². The van der Waals surface area contributed by atoms with Crippen LogP contribution >= 0.6 is 0 Å². The summed E-state index contributed by atoms with van der Waals surface area (Å²) in [6.07, 6.45) is 1.27. The predicted octanol–water partition coefficient (Wildman–Crippen LogP) is 3.58. The number of aromatic nitrogens is 2. The second-order valence-corrected chi connectivity index (χ2v) is 5.86. The number of anilines is 1. The lowest BCUT2D eigenvalue weighted by atomic mass is 10.0. The van der Waals surface area contributed by atoms with E-state index in [0.717, 1.165) is 34.4 Å². The summed E-state index contributed by atoms with van der Waals surface area (Å²) in [6, 6.07) is 12.4. The number of fused-ring (bicyclic) bond motifs is 3. The first-order valence-corrected chi connectivity index (χ1v) is 8.04. The Bertz CT molecular complexity index is 1000. The van der Waals surface area contributed by atoms with Gasteiger partial charge in [-0.1, -0.05) is 19.1 Å². The molecule has 0 atom stereocenters. The van der Waals surface area contributed by atoms with Crippen LogP contribution in [0.1, 0.15) is 30.0 Å². The minimum Gasteiger partial charge on any atom is -0.359 e. The van der Waals surface area contributed by atoms with Gasteiger partial charge in [-0.3, -0.25) is 4.40 Å². The van der Waals surface area contributed by atoms with E-state index < -0.39 is 0 Å². The van der Waals surface area contributed by atoms with Crippen molar-refractivity contribution in [2.45, 2.75) is 26.7 Å². The minimum absolute atomic E-state index is 0.451. The lowest BCUT2D eigenvalue weighted by Crippen LogP contribution is -2.23. The number of para-hydroxylation sites is 2. The van der Waals surface area contributed by atoms with Crippen LogP contribution in [0.3, 0.4) is 0 Å². The summed E-state index contributed by atoms with van der Waals surface area (Å²) in [4.78, 5) is 6.79. The first-order chi connectivity index (χ1) is 11.6. The van der Waals surface area contributed by atoms with Gasteiger partial charge in [0.05, 0.1) is 29.1 Å². The molecule has 1 aromatic carbocycles. The lowest BCUT2D eigenvalue weighted by Gasteiger charge is -2.25. The zero-order chi connectivity index (χ0) is 17.3. The summed E-state index contributed by atoms with van der Waals surface area (Å²) >= 11 is 0. The maximum absolute atomic E-state index is 9.67. The number of benzene rings is 1. The van der Waals surface area contributed by atoms with Gasteiger partial charge >= 0.3 is 0 Å². The predicted molar refractivity (Wildman–Crippen MR) is 95.0 cm³/mol. The van der Waals surface area contributed by atoms with Crippen molar-refractivity contribution in [1.82, 2.24) is 9.38 Å². The van der Waals surface area contributed by atoms with E-state index in [2.05, 4.69) is 28.4 Å². The quantitative estimate of drug-likeness (QED) is 0.737. The summed E-state index contributed by atoms with van der Waals surface area (Å²) in [5, 5.41) is 18.6. The molecule has 3 aromatic rings. The van der Waals surface area contributed by atoms with Gasteiger partial charge in [0.1, 0.15) is 11.9 Å². The van der Waals surface area contributed by atoms with Crippen molar-refractivity contribution in [2.75, 3.05) is 18.5 Å². The van der Waals surface area contributed by atoms with Crippen LogP contribution in [0.4, 0.5) is 5.82 Å². The molecule has 0 N–H and O–H groups in total. The van der Waals surface area contributed by atoms with Crippen LogP contribution in [0.25, 0.3) is 16.7 Å². The zero-order valence-electron chi connectivity index (χ0n) is 14.2. The maximum Gasteiger partial charge on any atom is 0.157 e. The Hall–Kier alpha value is -3.05. The van der Waals surface area contributed by atoms with Gasteiger partial charge < -0.3 is 4.90 Å². The highest BCUT2D eigenvalue weighted by atomic mass is 15.2. The molecule has 5 heteroatoms. The lowest BCUT2D eigenvalue weighted by molar-refractivity contribution is 0.858. The number of nitriles is 2. The van der Waals surface area contributed by atoms with Crippen molar-refractivity contribution < 1.29 is 0 Å². The van der Waals surface area contributed by atoms with Crippen molar-refractivity contribution >= 4 is 22.5 Å². The third-order valence-electron chi connectivity index (χ3n) is 4.48. The monoisotopic (exact) mass is 317 g/mol. The van der Waals surface area contributed by atoms with Gasteiger partial charge in [-0.2, -0.15) is 10.5 Å². The van der Waals surface area contributed by atoms with Gasteiger partial charge in [0.15, 0.2) is 5.65 Å². The molecule has 0 aliphatic rings. The summed E-state index contributed by atoms with van der Waals surface area (Å²) < 4.78 is 2.07. The van der Waals surface area contributed by atoms with Crippen molar-refractivity contribution in [2.24, 2.45) is 0 Å². The van der Waals surface area contributed by atoms with E-state index in [0.29, 0.717) is 24.2 Å². The number of imidazole rings is 1. The van der Waals surface area contributed by atoms with Gasteiger partial charge in [0, 0.05) is 13.6 Å². The van der Waals surface area contributed by atoms with Gasteiger partial charge in [0.25, 0.3) is 0 Å². The third-order valence-corrected chi connectivity index (χ3v) is 4.48. The summed E-state index contributed by atoms with van der Waals surface area (Å²) in [7, 11) is 1.99. The molecule has 0 amide bonds. The summed E-state index contributed by atoms with van der Waals surface area (Å²) in [5.41, 5.74) is 5.27. The number of hydrogen-bond donors (Lipinski definition) is 0. The van der Waals surface area contributed by atoms with E-state index in [1.54, 1.807) is 0 Å². The van der Waals surface area contributed by atoms with E-state index in [1.165, 1.54) is 0 Å². The summed E-state index contributed by atoms with van der Waals surface area (Å²) in [5.74, 6) is 1.02. The molecule has 2 aromatic heterocycles. The van der Waals surface area contributed by atoms with Crippen LogP contribution in [0.5, 0.6) is 0 Å². The molecular formula is C19H19N5. The minimum atomic E-state index is 0.451.